The number of nitrogens with zero attached hydrogens (tertiary/aromatic N) is 1. The molecule has 2 aromatic rings. The summed E-state index contributed by atoms with van der Waals surface area (Å²) in [5, 5.41) is 7.24. The summed E-state index contributed by atoms with van der Waals surface area (Å²) in [6.45, 7) is 2.62. The minimum atomic E-state index is 0.608. The molecule has 2 heterocycles. The number of thiophene rings is 1. The van der Waals surface area contributed by atoms with Crippen molar-refractivity contribution in [3.63, 3.8) is 0 Å². The van der Waals surface area contributed by atoms with Crippen molar-refractivity contribution in [2.45, 2.75) is 13.3 Å². The average molecular weight is 242 g/mol. The number of aromatic nitrogens is 2. The molecule has 80 valence electrons. The number of nitrogens with one attached hydrogen (secondary N) is 1. The van der Waals surface area contributed by atoms with E-state index in [0.717, 1.165) is 32.6 Å². The predicted molar refractivity (Wildman–Crippen MR) is 64.4 cm³/mol. The van der Waals surface area contributed by atoms with Gasteiger partial charge in [0.05, 0.1) is 10.0 Å². The predicted octanol–water partition coefficient (Wildman–Crippen LogP) is 2.60. The van der Waals surface area contributed by atoms with E-state index in [1.54, 1.807) is 11.3 Å². The van der Waals surface area contributed by atoms with Gasteiger partial charge in [-0.2, -0.15) is 5.10 Å². The number of aryl methyl sites for hydroxylation is 1. The number of rotatable bonds is 3. The number of aromatic amines is 1. The molecule has 0 bridgehead atoms. The van der Waals surface area contributed by atoms with E-state index < -0.39 is 0 Å². The van der Waals surface area contributed by atoms with Crippen molar-refractivity contribution in [2.75, 3.05) is 6.54 Å². The molecular formula is C10H12ClN3S. The Morgan fingerprint density at radius 3 is 2.93 bits per heavy atom. The van der Waals surface area contributed by atoms with E-state index >= 15 is 0 Å². The summed E-state index contributed by atoms with van der Waals surface area (Å²) in [5.74, 6) is 0. The molecule has 5 heteroatoms. The van der Waals surface area contributed by atoms with Crippen molar-refractivity contribution >= 4 is 22.9 Å². The first-order valence-electron chi connectivity index (χ1n) is 4.72. The van der Waals surface area contributed by atoms with Gasteiger partial charge in [-0.1, -0.05) is 11.6 Å². The lowest BCUT2D eigenvalue weighted by Gasteiger charge is -1.98. The van der Waals surface area contributed by atoms with Gasteiger partial charge in [-0.15, -0.1) is 11.3 Å². The lowest BCUT2D eigenvalue weighted by molar-refractivity contribution is 0.899. The molecule has 0 unspecified atom stereocenters. The molecule has 0 saturated carbocycles. The molecule has 0 radical (unpaired) electrons. The monoisotopic (exact) mass is 241 g/mol. The van der Waals surface area contributed by atoms with Gasteiger partial charge < -0.3 is 5.73 Å². The SMILES string of the molecule is Cc1[nH]nc(CCN)c1-c1ccc(Cl)s1. The third kappa shape index (κ3) is 2.07. The largest absolute Gasteiger partial charge is 0.330 e. The molecule has 0 fully saturated rings. The molecule has 3 nitrogen and oxygen atoms in total. The molecule has 0 aliphatic heterocycles. The molecule has 3 N–H and O–H groups in total. The average Bonchev–Trinajstić information content (AvgIpc) is 2.74. The number of nitrogens with two attached hydrogens (primary N) is 1. The quantitative estimate of drug-likeness (QED) is 0.868. The first kappa shape index (κ1) is 10.7. The van der Waals surface area contributed by atoms with Crippen molar-refractivity contribution in [3.8, 4) is 10.4 Å². The molecule has 0 amide bonds. The Morgan fingerprint density at radius 1 is 1.53 bits per heavy atom. The van der Waals surface area contributed by atoms with Gasteiger partial charge in [0, 0.05) is 22.6 Å². The highest BCUT2D eigenvalue weighted by Gasteiger charge is 2.13. The molecule has 0 saturated heterocycles. The number of hydrogen-bond acceptors (Lipinski definition) is 3. The number of halogens is 1. The van der Waals surface area contributed by atoms with Crippen molar-refractivity contribution < 1.29 is 0 Å². The Hall–Kier alpha value is -0.840. The van der Waals surface area contributed by atoms with Gasteiger partial charge in [-0.25, -0.2) is 0 Å². The molecule has 0 spiro atoms. The lowest BCUT2D eigenvalue weighted by Crippen LogP contribution is -2.03. The van der Waals surface area contributed by atoms with Gasteiger partial charge in [0.25, 0.3) is 0 Å². The van der Waals surface area contributed by atoms with Gasteiger partial charge in [0.2, 0.25) is 0 Å². The molecule has 15 heavy (non-hydrogen) atoms. The fourth-order valence-corrected chi connectivity index (χ4v) is 2.74. The second-order valence-electron chi connectivity index (χ2n) is 3.31. The first-order chi connectivity index (χ1) is 7.22. The molecule has 2 aromatic heterocycles. The topological polar surface area (TPSA) is 54.7 Å². The maximum Gasteiger partial charge on any atom is 0.0934 e. The van der Waals surface area contributed by atoms with Crippen molar-refractivity contribution in [1.82, 2.24) is 10.2 Å². The fourth-order valence-electron chi connectivity index (χ4n) is 1.57. The Morgan fingerprint density at radius 2 is 2.33 bits per heavy atom. The zero-order valence-corrected chi connectivity index (χ0v) is 9.95. The van der Waals surface area contributed by atoms with Crippen LogP contribution in [0.4, 0.5) is 0 Å². The normalized spacial score (nSPS) is 10.9. The first-order valence-corrected chi connectivity index (χ1v) is 5.91. The van der Waals surface area contributed by atoms with Crippen LogP contribution in [-0.2, 0) is 6.42 Å². The smallest absolute Gasteiger partial charge is 0.0934 e. The van der Waals surface area contributed by atoms with Crippen LogP contribution in [0.3, 0.4) is 0 Å². The summed E-state index contributed by atoms with van der Waals surface area (Å²) < 4.78 is 0.796. The Labute approximate surface area is 97.3 Å². The second-order valence-corrected chi connectivity index (χ2v) is 5.03. The number of H-pyrrole nitrogens is 1. The van der Waals surface area contributed by atoms with Crippen LogP contribution in [0.5, 0.6) is 0 Å². The molecule has 2 rings (SSSR count). The van der Waals surface area contributed by atoms with E-state index in [0.29, 0.717) is 6.54 Å². The highest BCUT2D eigenvalue weighted by atomic mass is 35.5. The van der Waals surface area contributed by atoms with Gasteiger partial charge in [0.1, 0.15) is 0 Å². The van der Waals surface area contributed by atoms with E-state index in [-0.39, 0.29) is 0 Å². The second kappa shape index (κ2) is 4.35. The fraction of sp³-hybridized carbons (Fsp3) is 0.300. The zero-order valence-electron chi connectivity index (χ0n) is 8.38. The standard InChI is InChI=1S/C10H12ClN3S/c1-6-10(7(4-5-12)14-13-6)8-2-3-9(11)15-8/h2-3H,4-5,12H2,1H3,(H,13,14). The van der Waals surface area contributed by atoms with Gasteiger partial charge >= 0.3 is 0 Å². The minimum absolute atomic E-state index is 0.608. The maximum atomic E-state index is 5.92. The summed E-state index contributed by atoms with van der Waals surface area (Å²) in [6.07, 6.45) is 0.787. The van der Waals surface area contributed by atoms with Crippen molar-refractivity contribution in [2.24, 2.45) is 5.73 Å². The van der Waals surface area contributed by atoms with Crippen LogP contribution in [0.15, 0.2) is 12.1 Å². The van der Waals surface area contributed by atoms with Crippen LogP contribution in [-0.4, -0.2) is 16.7 Å². The molecule has 0 aliphatic rings. The number of hydrogen-bond donors (Lipinski definition) is 2. The Kier molecular flexibility index (Phi) is 3.09. The summed E-state index contributed by atoms with van der Waals surface area (Å²) >= 11 is 7.49. The van der Waals surface area contributed by atoms with E-state index in [1.165, 1.54) is 0 Å². The van der Waals surface area contributed by atoms with Crippen LogP contribution >= 0.6 is 22.9 Å². The molecular weight excluding hydrogens is 230 g/mol. The van der Waals surface area contributed by atoms with Crippen LogP contribution in [0.1, 0.15) is 11.4 Å². The minimum Gasteiger partial charge on any atom is -0.330 e. The summed E-state index contributed by atoms with van der Waals surface area (Å²) in [6, 6.07) is 3.92. The van der Waals surface area contributed by atoms with Crippen molar-refractivity contribution in [3.05, 3.63) is 27.9 Å². The Bertz CT molecular complexity index is 461. The maximum absolute atomic E-state index is 5.92. The van der Waals surface area contributed by atoms with Gasteiger partial charge in [-0.05, 0) is 25.6 Å². The van der Waals surface area contributed by atoms with Crippen LogP contribution < -0.4 is 5.73 Å². The molecule has 0 aliphatic carbocycles. The van der Waals surface area contributed by atoms with E-state index in [2.05, 4.69) is 10.2 Å². The third-order valence-corrected chi connectivity index (χ3v) is 3.47. The Balaban J connectivity index is 2.46. The van der Waals surface area contributed by atoms with E-state index in [9.17, 15) is 0 Å². The summed E-state index contributed by atoms with van der Waals surface area (Å²) in [5.41, 5.74) is 8.78. The molecule has 0 aromatic carbocycles. The highest BCUT2D eigenvalue weighted by Crippen LogP contribution is 2.34. The van der Waals surface area contributed by atoms with Gasteiger partial charge in [0.15, 0.2) is 0 Å². The van der Waals surface area contributed by atoms with Crippen LogP contribution in [0.2, 0.25) is 4.34 Å². The van der Waals surface area contributed by atoms with Gasteiger partial charge in [-0.3, -0.25) is 5.10 Å². The lowest BCUT2D eigenvalue weighted by atomic mass is 10.1. The molecule has 0 atom stereocenters. The highest BCUT2D eigenvalue weighted by molar-refractivity contribution is 7.19. The van der Waals surface area contributed by atoms with E-state index in [4.69, 9.17) is 17.3 Å². The third-order valence-electron chi connectivity index (χ3n) is 2.22. The summed E-state index contributed by atoms with van der Waals surface area (Å²) in [4.78, 5) is 1.15. The van der Waals surface area contributed by atoms with Crippen LogP contribution in [0, 0.1) is 6.92 Å². The van der Waals surface area contributed by atoms with E-state index in [1.807, 2.05) is 19.1 Å². The van der Waals surface area contributed by atoms with Crippen molar-refractivity contribution in [1.29, 1.82) is 0 Å². The summed E-state index contributed by atoms with van der Waals surface area (Å²) in [7, 11) is 0. The zero-order chi connectivity index (χ0) is 10.8. The van der Waals surface area contributed by atoms with Crippen LogP contribution in [0.25, 0.3) is 10.4 Å².